The van der Waals surface area contributed by atoms with Gasteiger partial charge in [-0.25, -0.2) is 13.5 Å². The van der Waals surface area contributed by atoms with Crippen molar-refractivity contribution in [2.45, 2.75) is 32.0 Å². The summed E-state index contributed by atoms with van der Waals surface area (Å²) in [5, 5.41) is 4.49. The van der Waals surface area contributed by atoms with Crippen LogP contribution >= 0.6 is 0 Å². The Balaban J connectivity index is 1.55. The molecule has 1 saturated heterocycles. The smallest absolute Gasteiger partial charge is 0.266 e. The fourth-order valence-corrected chi connectivity index (χ4v) is 3.65. The Kier molecular flexibility index (Phi) is 5.25. The summed E-state index contributed by atoms with van der Waals surface area (Å²) in [5.74, 6) is -0.864. The minimum atomic E-state index is -0.449. The lowest BCUT2D eigenvalue weighted by Gasteiger charge is -2.25. The molecule has 4 rings (SSSR count). The first-order valence-corrected chi connectivity index (χ1v) is 9.27. The van der Waals surface area contributed by atoms with Crippen LogP contribution in [-0.2, 0) is 13.1 Å². The molecule has 1 aliphatic rings. The topological polar surface area (TPSA) is 51.0 Å². The highest BCUT2D eigenvalue weighted by atomic mass is 19.1. The second-order valence-electron chi connectivity index (χ2n) is 6.98. The van der Waals surface area contributed by atoms with Crippen LogP contribution in [0, 0.1) is 11.6 Å². The van der Waals surface area contributed by atoms with Gasteiger partial charge in [0.25, 0.3) is 5.56 Å². The van der Waals surface area contributed by atoms with Crippen molar-refractivity contribution in [1.82, 2.24) is 19.7 Å². The van der Waals surface area contributed by atoms with Crippen molar-refractivity contribution in [1.29, 1.82) is 0 Å². The second-order valence-corrected chi connectivity index (χ2v) is 6.98. The van der Waals surface area contributed by atoms with Crippen LogP contribution in [0.5, 0.6) is 0 Å². The zero-order valence-electron chi connectivity index (χ0n) is 15.3. The Morgan fingerprint density at radius 3 is 2.71 bits per heavy atom. The number of benzene rings is 1. The van der Waals surface area contributed by atoms with Gasteiger partial charge in [-0.15, -0.1) is 0 Å². The summed E-state index contributed by atoms with van der Waals surface area (Å²) in [4.78, 5) is 18.4. The summed E-state index contributed by atoms with van der Waals surface area (Å²) >= 11 is 0. The van der Waals surface area contributed by atoms with Crippen molar-refractivity contribution >= 4 is 0 Å². The lowest BCUT2D eigenvalue weighted by molar-refractivity contribution is 0.214. The van der Waals surface area contributed by atoms with Gasteiger partial charge in [0.15, 0.2) is 0 Å². The molecule has 1 fully saturated rings. The molecule has 0 radical (unpaired) electrons. The maximum absolute atomic E-state index is 14.0. The van der Waals surface area contributed by atoms with E-state index in [9.17, 15) is 13.6 Å². The first-order chi connectivity index (χ1) is 13.6. The van der Waals surface area contributed by atoms with E-state index in [1.54, 1.807) is 18.5 Å². The molecule has 3 aromatic rings. The lowest BCUT2D eigenvalue weighted by Crippen LogP contribution is -2.36. The maximum atomic E-state index is 14.0. The minimum absolute atomic E-state index is 0.0422. The van der Waals surface area contributed by atoms with Crippen LogP contribution in [0.15, 0.2) is 59.7 Å². The molecule has 0 amide bonds. The van der Waals surface area contributed by atoms with Gasteiger partial charge in [0, 0.05) is 42.2 Å². The zero-order valence-corrected chi connectivity index (χ0v) is 15.3. The Hall–Kier alpha value is -2.93. The van der Waals surface area contributed by atoms with Gasteiger partial charge in [-0.05, 0) is 55.8 Å². The van der Waals surface area contributed by atoms with Crippen LogP contribution in [0.25, 0.3) is 11.3 Å². The molecule has 1 aliphatic heterocycles. The van der Waals surface area contributed by atoms with Crippen molar-refractivity contribution in [3.8, 4) is 11.3 Å². The summed E-state index contributed by atoms with van der Waals surface area (Å²) in [6, 6.07) is 10.4. The number of aromatic nitrogens is 3. The van der Waals surface area contributed by atoms with Crippen molar-refractivity contribution in [2.24, 2.45) is 0 Å². The third kappa shape index (κ3) is 3.99. The first-order valence-electron chi connectivity index (χ1n) is 9.27. The first kappa shape index (κ1) is 18.4. The van der Waals surface area contributed by atoms with Crippen molar-refractivity contribution in [2.75, 3.05) is 6.54 Å². The molecular weight excluding hydrogens is 362 g/mol. The van der Waals surface area contributed by atoms with E-state index < -0.39 is 11.6 Å². The molecule has 1 aromatic carbocycles. The average molecular weight is 382 g/mol. The van der Waals surface area contributed by atoms with E-state index in [1.165, 1.54) is 16.8 Å². The van der Waals surface area contributed by atoms with E-state index in [0.717, 1.165) is 37.1 Å². The molecule has 0 N–H and O–H groups in total. The Morgan fingerprint density at radius 2 is 1.89 bits per heavy atom. The van der Waals surface area contributed by atoms with Crippen molar-refractivity contribution in [3.63, 3.8) is 0 Å². The summed E-state index contributed by atoms with van der Waals surface area (Å²) in [6.07, 6.45) is 5.18. The van der Waals surface area contributed by atoms with Gasteiger partial charge in [-0.1, -0.05) is 0 Å². The number of pyridine rings is 1. The monoisotopic (exact) mass is 382 g/mol. The van der Waals surface area contributed by atoms with Gasteiger partial charge >= 0.3 is 0 Å². The summed E-state index contributed by atoms with van der Waals surface area (Å²) < 4.78 is 29.0. The predicted octanol–water partition coefficient (Wildman–Crippen LogP) is 3.25. The number of hydrogen-bond donors (Lipinski definition) is 0. The molecule has 1 unspecified atom stereocenters. The van der Waals surface area contributed by atoms with Crippen LogP contribution in [0.3, 0.4) is 0 Å². The highest BCUT2D eigenvalue weighted by Gasteiger charge is 2.26. The summed E-state index contributed by atoms with van der Waals surface area (Å²) in [6.45, 7) is 1.50. The number of rotatable bonds is 5. The normalized spacial score (nSPS) is 17.1. The molecule has 1 atom stereocenters. The van der Waals surface area contributed by atoms with Crippen molar-refractivity contribution < 1.29 is 8.78 Å². The van der Waals surface area contributed by atoms with Gasteiger partial charge in [0.2, 0.25) is 0 Å². The molecular formula is C21H20F2N4O. The fraction of sp³-hybridized carbons (Fsp3) is 0.286. The third-order valence-corrected chi connectivity index (χ3v) is 5.11. The van der Waals surface area contributed by atoms with Gasteiger partial charge in [-0.2, -0.15) is 5.10 Å². The molecule has 2 aromatic heterocycles. The van der Waals surface area contributed by atoms with Gasteiger partial charge in [0.1, 0.15) is 11.6 Å². The van der Waals surface area contributed by atoms with Crippen LogP contribution in [0.2, 0.25) is 0 Å². The fourth-order valence-electron chi connectivity index (χ4n) is 3.65. The molecule has 144 valence electrons. The summed E-state index contributed by atoms with van der Waals surface area (Å²) in [5.41, 5.74) is 1.73. The largest absolute Gasteiger partial charge is 0.294 e. The molecule has 0 bridgehead atoms. The van der Waals surface area contributed by atoms with Gasteiger partial charge < -0.3 is 0 Å². The van der Waals surface area contributed by atoms with Gasteiger partial charge in [0.05, 0.1) is 12.2 Å². The average Bonchev–Trinajstić information content (AvgIpc) is 3.14. The van der Waals surface area contributed by atoms with E-state index >= 15 is 0 Å². The molecule has 3 heterocycles. The van der Waals surface area contributed by atoms with Gasteiger partial charge in [-0.3, -0.25) is 14.7 Å². The van der Waals surface area contributed by atoms with Crippen LogP contribution in [-0.4, -0.2) is 32.3 Å². The molecule has 28 heavy (non-hydrogen) atoms. The van der Waals surface area contributed by atoms with E-state index in [1.807, 2.05) is 12.1 Å². The number of hydrogen-bond acceptors (Lipinski definition) is 4. The summed E-state index contributed by atoms with van der Waals surface area (Å²) in [7, 11) is 0. The Morgan fingerprint density at radius 1 is 1.07 bits per heavy atom. The number of nitrogens with zero attached hydrogens (tertiary/aromatic N) is 4. The van der Waals surface area contributed by atoms with Crippen molar-refractivity contribution in [3.05, 3.63) is 82.4 Å². The zero-order chi connectivity index (χ0) is 19.5. The van der Waals surface area contributed by atoms with Crippen LogP contribution in [0.1, 0.15) is 18.4 Å². The second kappa shape index (κ2) is 7.98. The SMILES string of the molecule is O=c1ccc(-c2ccncc2)nn1CC1CCCN1Cc1cc(F)ccc1F. The maximum Gasteiger partial charge on any atom is 0.266 e. The third-order valence-electron chi connectivity index (χ3n) is 5.11. The van der Waals surface area contributed by atoms with E-state index in [4.69, 9.17) is 0 Å². The Bertz CT molecular complexity index is 1020. The van der Waals surface area contributed by atoms with Crippen LogP contribution in [0.4, 0.5) is 8.78 Å². The standard InChI is InChI=1S/C21H20F2N4O/c22-17-3-4-19(23)16(12-17)13-26-11-1-2-18(26)14-27-21(28)6-5-20(25-27)15-7-9-24-10-8-15/h3-10,12,18H,1-2,11,13-14H2. The molecule has 0 spiro atoms. The number of halogens is 2. The molecule has 0 saturated carbocycles. The quantitative estimate of drug-likeness (QED) is 0.680. The van der Waals surface area contributed by atoms with E-state index in [0.29, 0.717) is 24.3 Å². The predicted molar refractivity (Wildman–Crippen MR) is 102 cm³/mol. The molecule has 0 aliphatic carbocycles. The van der Waals surface area contributed by atoms with E-state index in [2.05, 4.69) is 15.0 Å². The molecule has 5 nitrogen and oxygen atoms in total. The Labute approximate surface area is 161 Å². The lowest BCUT2D eigenvalue weighted by atomic mass is 10.1. The van der Waals surface area contributed by atoms with E-state index in [-0.39, 0.29) is 11.6 Å². The highest BCUT2D eigenvalue weighted by molar-refractivity contribution is 5.56. The minimum Gasteiger partial charge on any atom is -0.294 e. The highest BCUT2D eigenvalue weighted by Crippen LogP contribution is 2.23. The number of likely N-dealkylation sites (tertiary alicyclic amines) is 1. The molecule has 7 heteroatoms. The van der Waals surface area contributed by atoms with Crippen LogP contribution < -0.4 is 5.56 Å².